The summed E-state index contributed by atoms with van der Waals surface area (Å²) < 4.78 is 1.87. The Hall–Kier alpha value is -2.40. The van der Waals surface area contributed by atoms with Crippen molar-refractivity contribution in [1.29, 1.82) is 0 Å². The minimum Gasteiger partial charge on any atom is -0.363 e. The van der Waals surface area contributed by atoms with Gasteiger partial charge < -0.3 is 5.32 Å². The molecule has 0 aliphatic carbocycles. The molecule has 0 spiro atoms. The van der Waals surface area contributed by atoms with E-state index in [1.807, 2.05) is 41.0 Å². The van der Waals surface area contributed by atoms with E-state index in [1.165, 1.54) is 19.3 Å². The Morgan fingerprint density at radius 3 is 2.84 bits per heavy atom. The van der Waals surface area contributed by atoms with Crippen molar-refractivity contribution in [1.82, 2.24) is 19.6 Å². The lowest BCUT2D eigenvalue weighted by Gasteiger charge is -2.05. The van der Waals surface area contributed by atoms with Gasteiger partial charge >= 0.3 is 0 Å². The average Bonchev–Trinajstić information content (AvgIpc) is 3.03. The summed E-state index contributed by atoms with van der Waals surface area (Å²) in [5, 5.41) is 7.94. The van der Waals surface area contributed by atoms with Crippen molar-refractivity contribution in [2.24, 2.45) is 0 Å². The molecular weight excluding hydrogens is 334 g/mol. The Labute approximate surface area is 154 Å². The molecule has 3 aromatic rings. The van der Waals surface area contributed by atoms with Gasteiger partial charge in [-0.25, -0.2) is 9.50 Å². The van der Waals surface area contributed by atoms with Gasteiger partial charge in [-0.1, -0.05) is 31.9 Å². The smallest absolute Gasteiger partial charge is 0.154 e. The van der Waals surface area contributed by atoms with Crippen LogP contribution in [0.1, 0.15) is 44.0 Å². The lowest BCUT2D eigenvalue weighted by atomic mass is 10.2. The highest BCUT2D eigenvalue weighted by Gasteiger charge is 2.03. The van der Waals surface area contributed by atoms with E-state index in [1.54, 1.807) is 6.20 Å². The van der Waals surface area contributed by atoms with Crippen LogP contribution in [0.3, 0.4) is 0 Å². The standard InChI is InChI=1S/C19H23N5.ClH/c1-2-3-4-5-6-10-17-15-22-19-12-11-18(23-24(17)19)21-14-16-9-7-8-13-20-16;/h6-13,15H,2-5,14H2,1H3,(H,21,23);1H/b10-6+;. The Balaban J connectivity index is 0.00000225. The summed E-state index contributed by atoms with van der Waals surface area (Å²) in [5.41, 5.74) is 2.84. The Bertz CT molecular complexity index is 798. The second kappa shape index (κ2) is 9.79. The molecule has 132 valence electrons. The van der Waals surface area contributed by atoms with Crippen LogP contribution in [0.5, 0.6) is 0 Å². The fourth-order valence-electron chi connectivity index (χ4n) is 2.50. The summed E-state index contributed by atoms with van der Waals surface area (Å²) in [7, 11) is 0. The molecule has 1 N–H and O–H groups in total. The van der Waals surface area contributed by atoms with Crippen molar-refractivity contribution in [3.8, 4) is 0 Å². The molecule has 0 saturated carbocycles. The summed E-state index contributed by atoms with van der Waals surface area (Å²) in [4.78, 5) is 8.71. The second-order valence-corrected chi connectivity index (χ2v) is 5.74. The molecule has 0 amide bonds. The maximum Gasteiger partial charge on any atom is 0.154 e. The summed E-state index contributed by atoms with van der Waals surface area (Å²) in [6.45, 7) is 2.87. The predicted molar refractivity (Wildman–Crippen MR) is 105 cm³/mol. The first-order valence-corrected chi connectivity index (χ1v) is 8.52. The first-order valence-electron chi connectivity index (χ1n) is 8.52. The summed E-state index contributed by atoms with van der Waals surface area (Å²) in [6.07, 6.45) is 12.8. The highest BCUT2D eigenvalue weighted by molar-refractivity contribution is 5.85. The summed E-state index contributed by atoms with van der Waals surface area (Å²) in [5.74, 6) is 0.812. The number of hydrogen-bond acceptors (Lipinski definition) is 4. The van der Waals surface area contributed by atoms with Gasteiger partial charge in [0.15, 0.2) is 5.65 Å². The van der Waals surface area contributed by atoms with E-state index < -0.39 is 0 Å². The van der Waals surface area contributed by atoms with Crippen LogP contribution in [0.15, 0.2) is 48.8 Å². The lowest BCUT2D eigenvalue weighted by molar-refractivity contribution is 0.730. The van der Waals surface area contributed by atoms with Gasteiger partial charge in [-0.3, -0.25) is 4.98 Å². The zero-order chi connectivity index (χ0) is 16.6. The third kappa shape index (κ3) is 5.29. The number of hydrogen-bond donors (Lipinski definition) is 1. The monoisotopic (exact) mass is 357 g/mol. The Kier molecular flexibility index (Phi) is 7.41. The molecule has 0 aliphatic rings. The molecule has 25 heavy (non-hydrogen) atoms. The quantitative estimate of drug-likeness (QED) is 0.591. The van der Waals surface area contributed by atoms with E-state index in [0.717, 1.165) is 29.3 Å². The van der Waals surface area contributed by atoms with Gasteiger partial charge in [0.25, 0.3) is 0 Å². The number of allylic oxidation sites excluding steroid dienone is 1. The van der Waals surface area contributed by atoms with E-state index in [0.29, 0.717) is 6.54 Å². The van der Waals surface area contributed by atoms with Crippen LogP contribution < -0.4 is 5.32 Å². The van der Waals surface area contributed by atoms with Crippen LogP contribution in [-0.2, 0) is 6.54 Å². The number of nitrogens with one attached hydrogen (secondary N) is 1. The van der Waals surface area contributed by atoms with E-state index >= 15 is 0 Å². The first kappa shape index (κ1) is 18.9. The maximum atomic E-state index is 4.63. The van der Waals surface area contributed by atoms with Crippen LogP contribution >= 0.6 is 12.4 Å². The van der Waals surface area contributed by atoms with Crippen molar-refractivity contribution in [2.45, 2.75) is 39.2 Å². The minimum atomic E-state index is 0. The van der Waals surface area contributed by atoms with Gasteiger partial charge in [-0.15, -0.1) is 17.5 Å². The molecule has 3 heterocycles. The highest BCUT2D eigenvalue weighted by atomic mass is 35.5. The number of pyridine rings is 1. The number of imidazole rings is 1. The Morgan fingerprint density at radius 1 is 1.12 bits per heavy atom. The molecule has 0 fully saturated rings. The molecule has 6 heteroatoms. The molecular formula is C19H24ClN5. The van der Waals surface area contributed by atoms with Gasteiger partial charge in [-0.2, -0.15) is 0 Å². The van der Waals surface area contributed by atoms with Gasteiger partial charge in [0.2, 0.25) is 0 Å². The maximum absolute atomic E-state index is 4.63. The third-order valence-electron chi connectivity index (χ3n) is 3.83. The topological polar surface area (TPSA) is 55.1 Å². The summed E-state index contributed by atoms with van der Waals surface area (Å²) >= 11 is 0. The zero-order valence-electron chi connectivity index (χ0n) is 14.4. The molecule has 0 aliphatic heterocycles. The predicted octanol–water partition coefficient (Wildman–Crippen LogP) is 4.75. The number of aromatic nitrogens is 4. The fourth-order valence-corrected chi connectivity index (χ4v) is 2.50. The van der Waals surface area contributed by atoms with Crippen LogP contribution in [-0.4, -0.2) is 19.6 Å². The molecule has 0 unspecified atom stereocenters. The van der Waals surface area contributed by atoms with Gasteiger partial charge in [0.05, 0.1) is 24.1 Å². The third-order valence-corrected chi connectivity index (χ3v) is 3.83. The second-order valence-electron chi connectivity index (χ2n) is 5.74. The van der Waals surface area contributed by atoms with Crippen LogP contribution in [0, 0.1) is 0 Å². The van der Waals surface area contributed by atoms with Gasteiger partial charge in [0.1, 0.15) is 5.82 Å². The Morgan fingerprint density at radius 2 is 2.04 bits per heavy atom. The van der Waals surface area contributed by atoms with Crippen molar-refractivity contribution < 1.29 is 0 Å². The van der Waals surface area contributed by atoms with E-state index in [9.17, 15) is 0 Å². The van der Waals surface area contributed by atoms with Crippen LogP contribution in [0.2, 0.25) is 0 Å². The van der Waals surface area contributed by atoms with E-state index in [4.69, 9.17) is 0 Å². The minimum absolute atomic E-state index is 0. The van der Waals surface area contributed by atoms with Crippen molar-refractivity contribution in [3.05, 3.63) is 60.2 Å². The SMILES string of the molecule is CCCCC/C=C/c1cnc2ccc(NCc3ccccn3)nn12.Cl. The number of halogens is 1. The number of nitrogens with zero attached hydrogens (tertiary/aromatic N) is 4. The number of fused-ring (bicyclic) bond motifs is 1. The number of unbranched alkanes of at least 4 members (excludes halogenated alkanes) is 3. The van der Waals surface area contributed by atoms with Crippen molar-refractivity contribution >= 4 is 29.9 Å². The summed E-state index contributed by atoms with van der Waals surface area (Å²) in [6, 6.07) is 9.81. The molecule has 3 aromatic heterocycles. The molecule has 3 rings (SSSR count). The molecule has 0 bridgehead atoms. The van der Waals surface area contributed by atoms with E-state index in [2.05, 4.69) is 39.5 Å². The van der Waals surface area contributed by atoms with Crippen LogP contribution in [0.25, 0.3) is 11.7 Å². The van der Waals surface area contributed by atoms with Crippen molar-refractivity contribution in [3.63, 3.8) is 0 Å². The van der Waals surface area contributed by atoms with Crippen LogP contribution in [0.4, 0.5) is 5.82 Å². The van der Waals surface area contributed by atoms with Gasteiger partial charge in [-0.05, 0) is 43.2 Å². The fraction of sp³-hybridized carbons (Fsp3) is 0.316. The number of anilines is 1. The highest BCUT2D eigenvalue weighted by Crippen LogP contribution is 2.12. The molecule has 0 radical (unpaired) electrons. The zero-order valence-corrected chi connectivity index (χ0v) is 15.2. The number of rotatable bonds is 8. The van der Waals surface area contributed by atoms with Gasteiger partial charge in [0, 0.05) is 6.20 Å². The van der Waals surface area contributed by atoms with E-state index in [-0.39, 0.29) is 12.4 Å². The molecule has 0 saturated heterocycles. The molecule has 0 atom stereocenters. The lowest BCUT2D eigenvalue weighted by Crippen LogP contribution is -2.05. The molecule has 5 nitrogen and oxygen atoms in total. The largest absolute Gasteiger partial charge is 0.363 e. The van der Waals surface area contributed by atoms with Crippen molar-refractivity contribution in [2.75, 3.05) is 5.32 Å². The first-order chi connectivity index (χ1) is 11.9. The normalized spacial score (nSPS) is 10.9. The molecule has 0 aromatic carbocycles. The average molecular weight is 358 g/mol.